The van der Waals surface area contributed by atoms with Crippen LogP contribution in [0.5, 0.6) is 17.2 Å². The Balaban J connectivity index is 0.00000288. The lowest BCUT2D eigenvalue weighted by Crippen LogP contribution is -2.26. The first-order valence-electron chi connectivity index (χ1n) is 7.17. The monoisotopic (exact) mass is 372 g/mol. The largest absolute Gasteiger partial charge is 0.497 e. The lowest BCUT2D eigenvalue weighted by atomic mass is 10.3. The molecule has 8 heteroatoms. The Bertz CT molecular complexity index is 719. The molecule has 2 aromatic carbocycles. The summed E-state index contributed by atoms with van der Waals surface area (Å²) in [6.45, 7) is 0.764. The predicted molar refractivity (Wildman–Crippen MR) is 95.6 cm³/mol. The molecule has 0 aliphatic rings. The predicted octanol–water partition coefficient (Wildman–Crippen LogP) is 2.54. The summed E-state index contributed by atoms with van der Waals surface area (Å²) < 4.78 is 37.3. The minimum atomic E-state index is -3.51. The molecule has 0 heterocycles. The first-order valence-corrected chi connectivity index (χ1v) is 8.65. The van der Waals surface area contributed by atoms with Crippen molar-refractivity contribution >= 4 is 22.4 Å². The van der Waals surface area contributed by atoms with E-state index in [1.807, 2.05) is 0 Å². The van der Waals surface area contributed by atoms with Gasteiger partial charge in [0, 0.05) is 6.54 Å². The van der Waals surface area contributed by atoms with E-state index in [4.69, 9.17) is 15.2 Å². The smallest absolute Gasteiger partial charge is 0.240 e. The molecular formula is C16H21ClN2O4S. The van der Waals surface area contributed by atoms with Gasteiger partial charge < -0.3 is 15.2 Å². The molecule has 0 saturated heterocycles. The van der Waals surface area contributed by atoms with Gasteiger partial charge in [-0.1, -0.05) is 0 Å². The van der Waals surface area contributed by atoms with Gasteiger partial charge in [-0.3, -0.25) is 0 Å². The number of halogens is 1. The number of rotatable bonds is 8. The molecule has 0 saturated carbocycles. The van der Waals surface area contributed by atoms with Crippen molar-refractivity contribution in [2.45, 2.75) is 11.3 Å². The van der Waals surface area contributed by atoms with Gasteiger partial charge in [0.1, 0.15) is 17.2 Å². The molecule has 132 valence electrons. The molecule has 0 atom stereocenters. The molecule has 6 nitrogen and oxygen atoms in total. The fraction of sp³-hybridized carbons (Fsp3) is 0.250. The van der Waals surface area contributed by atoms with Crippen LogP contribution in [0.4, 0.5) is 0 Å². The molecule has 0 unspecified atom stereocenters. The van der Waals surface area contributed by atoms with E-state index in [0.29, 0.717) is 31.0 Å². The Morgan fingerprint density at radius 3 is 1.96 bits per heavy atom. The average Bonchev–Trinajstić information content (AvgIpc) is 2.56. The van der Waals surface area contributed by atoms with Crippen molar-refractivity contribution in [1.29, 1.82) is 0 Å². The zero-order chi connectivity index (χ0) is 16.7. The molecule has 0 aliphatic carbocycles. The van der Waals surface area contributed by atoms with Crippen LogP contribution in [0.15, 0.2) is 53.4 Å². The van der Waals surface area contributed by atoms with Crippen LogP contribution in [0.3, 0.4) is 0 Å². The van der Waals surface area contributed by atoms with Crippen molar-refractivity contribution in [3.05, 3.63) is 48.5 Å². The van der Waals surface area contributed by atoms with Gasteiger partial charge in [-0.25, -0.2) is 13.1 Å². The van der Waals surface area contributed by atoms with E-state index in [2.05, 4.69) is 4.72 Å². The van der Waals surface area contributed by atoms with E-state index >= 15 is 0 Å². The molecule has 24 heavy (non-hydrogen) atoms. The fourth-order valence-electron chi connectivity index (χ4n) is 1.86. The number of sulfonamides is 1. The maximum absolute atomic E-state index is 12.0. The molecule has 2 aromatic rings. The molecule has 2 rings (SSSR count). The third-order valence-electron chi connectivity index (χ3n) is 3.10. The molecule has 3 N–H and O–H groups in total. The Labute approximate surface area is 148 Å². The molecule has 0 aromatic heterocycles. The number of benzene rings is 2. The Morgan fingerprint density at radius 2 is 1.46 bits per heavy atom. The van der Waals surface area contributed by atoms with Gasteiger partial charge in [0.05, 0.1) is 12.0 Å². The van der Waals surface area contributed by atoms with E-state index in [1.165, 1.54) is 12.1 Å². The summed E-state index contributed by atoms with van der Waals surface area (Å²) in [4.78, 5) is 0.191. The van der Waals surface area contributed by atoms with Gasteiger partial charge in [-0.15, -0.1) is 12.4 Å². The SMILES string of the molecule is COc1ccc(Oc2ccc(S(=O)(=O)NCCCN)cc2)cc1.Cl. The van der Waals surface area contributed by atoms with E-state index in [0.717, 1.165) is 5.75 Å². The summed E-state index contributed by atoms with van der Waals surface area (Å²) in [5, 5.41) is 0. The highest BCUT2D eigenvalue weighted by Crippen LogP contribution is 2.24. The lowest BCUT2D eigenvalue weighted by molar-refractivity contribution is 0.413. The maximum Gasteiger partial charge on any atom is 0.240 e. The summed E-state index contributed by atoms with van der Waals surface area (Å²) in [5.74, 6) is 1.93. The first kappa shape index (κ1) is 20.2. The molecular weight excluding hydrogens is 352 g/mol. The molecule has 0 radical (unpaired) electrons. The number of nitrogens with two attached hydrogens (primary N) is 1. The highest BCUT2D eigenvalue weighted by Gasteiger charge is 2.13. The summed E-state index contributed by atoms with van der Waals surface area (Å²) in [5.41, 5.74) is 5.35. The van der Waals surface area contributed by atoms with E-state index in [1.54, 1.807) is 43.5 Å². The first-order chi connectivity index (χ1) is 11.0. The van der Waals surface area contributed by atoms with Crippen LogP contribution in [0, 0.1) is 0 Å². The van der Waals surface area contributed by atoms with Gasteiger partial charge >= 0.3 is 0 Å². The van der Waals surface area contributed by atoms with Crippen LogP contribution in [0.2, 0.25) is 0 Å². The molecule has 0 amide bonds. The number of ether oxygens (including phenoxy) is 2. The van der Waals surface area contributed by atoms with Crippen molar-refractivity contribution in [2.24, 2.45) is 5.73 Å². The summed E-state index contributed by atoms with van der Waals surface area (Å²) >= 11 is 0. The van der Waals surface area contributed by atoms with Gasteiger partial charge in [-0.2, -0.15) is 0 Å². The standard InChI is InChI=1S/C16H20N2O4S.ClH/c1-21-13-3-5-14(6-4-13)22-15-7-9-16(10-8-15)23(19,20)18-12-2-11-17;/h3-10,18H,2,11-12,17H2,1H3;1H. The number of nitrogens with one attached hydrogen (secondary N) is 1. The summed E-state index contributed by atoms with van der Waals surface area (Å²) in [7, 11) is -1.91. The minimum Gasteiger partial charge on any atom is -0.497 e. The van der Waals surface area contributed by atoms with Gasteiger partial charge in [0.2, 0.25) is 10.0 Å². The Morgan fingerprint density at radius 1 is 0.958 bits per heavy atom. The minimum absolute atomic E-state index is 0. The number of hydrogen-bond acceptors (Lipinski definition) is 5. The second kappa shape index (κ2) is 9.48. The van der Waals surface area contributed by atoms with E-state index in [-0.39, 0.29) is 17.3 Å². The van der Waals surface area contributed by atoms with Gasteiger partial charge in [0.15, 0.2) is 0 Å². The van der Waals surface area contributed by atoms with Crippen molar-refractivity contribution in [3.63, 3.8) is 0 Å². The lowest BCUT2D eigenvalue weighted by Gasteiger charge is -2.09. The topological polar surface area (TPSA) is 90.6 Å². The van der Waals surface area contributed by atoms with Crippen molar-refractivity contribution < 1.29 is 17.9 Å². The van der Waals surface area contributed by atoms with E-state index in [9.17, 15) is 8.42 Å². The van der Waals surface area contributed by atoms with Crippen LogP contribution in [-0.2, 0) is 10.0 Å². The maximum atomic E-state index is 12.0. The Hall–Kier alpha value is -1.80. The summed E-state index contributed by atoms with van der Waals surface area (Å²) in [6.07, 6.45) is 0.595. The van der Waals surface area contributed by atoms with Crippen molar-refractivity contribution in [3.8, 4) is 17.2 Å². The highest BCUT2D eigenvalue weighted by molar-refractivity contribution is 7.89. The second-order valence-corrected chi connectivity index (χ2v) is 6.56. The number of methoxy groups -OCH3 is 1. The zero-order valence-electron chi connectivity index (χ0n) is 13.3. The average molecular weight is 373 g/mol. The van der Waals surface area contributed by atoms with Crippen molar-refractivity contribution in [1.82, 2.24) is 4.72 Å². The van der Waals surface area contributed by atoms with Gasteiger partial charge in [-0.05, 0) is 61.5 Å². The Kier molecular flexibility index (Phi) is 8.00. The zero-order valence-corrected chi connectivity index (χ0v) is 14.9. The quantitative estimate of drug-likeness (QED) is 0.695. The van der Waals surface area contributed by atoms with Crippen LogP contribution in [-0.4, -0.2) is 28.6 Å². The van der Waals surface area contributed by atoms with E-state index < -0.39 is 10.0 Å². The van der Waals surface area contributed by atoms with Crippen molar-refractivity contribution in [2.75, 3.05) is 20.2 Å². The van der Waals surface area contributed by atoms with Gasteiger partial charge in [0.25, 0.3) is 0 Å². The third kappa shape index (κ3) is 5.68. The van der Waals surface area contributed by atoms with Crippen LogP contribution < -0.4 is 19.9 Å². The molecule has 0 bridgehead atoms. The molecule has 0 fully saturated rings. The highest BCUT2D eigenvalue weighted by atomic mass is 35.5. The third-order valence-corrected chi connectivity index (χ3v) is 4.58. The van der Waals surface area contributed by atoms with Crippen LogP contribution in [0.1, 0.15) is 6.42 Å². The molecule has 0 aliphatic heterocycles. The normalized spacial score (nSPS) is 10.8. The van der Waals surface area contributed by atoms with Crippen LogP contribution in [0.25, 0.3) is 0 Å². The summed E-state index contributed by atoms with van der Waals surface area (Å²) in [6, 6.07) is 13.4. The number of hydrogen-bond donors (Lipinski definition) is 2. The van der Waals surface area contributed by atoms with Crippen LogP contribution >= 0.6 is 12.4 Å². The fourth-order valence-corrected chi connectivity index (χ4v) is 2.93. The second-order valence-electron chi connectivity index (χ2n) is 4.79. The molecule has 0 spiro atoms.